The highest BCUT2D eigenvalue weighted by atomic mass is 16.3. The maximum atomic E-state index is 6.47. The van der Waals surface area contributed by atoms with E-state index in [1.54, 1.807) is 0 Å². The number of benzene rings is 10. The molecule has 60 heavy (non-hydrogen) atoms. The van der Waals surface area contributed by atoms with Crippen molar-refractivity contribution in [3.63, 3.8) is 0 Å². The van der Waals surface area contributed by atoms with Crippen molar-refractivity contribution in [3.8, 4) is 56.0 Å². The fourth-order valence-electron chi connectivity index (χ4n) is 8.54. The second-order valence-electron chi connectivity index (χ2n) is 15.2. The third kappa shape index (κ3) is 6.49. The molecule has 0 aliphatic rings. The normalized spacial score (nSPS) is 11.3. The monoisotopic (exact) mass is 766 g/mol. The van der Waals surface area contributed by atoms with E-state index < -0.39 is 0 Å². The third-order valence-corrected chi connectivity index (χ3v) is 11.5. The van der Waals surface area contributed by atoms with Gasteiger partial charge in [-0.05, 0) is 127 Å². The molecule has 282 valence electrons. The van der Waals surface area contributed by atoms with Crippen LogP contribution < -0.4 is 4.90 Å². The van der Waals surface area contributed by atoms with E-state index in [1.165, 1.54) is 33.0 Å². The predicted molar refractivity (Wildman–Crippen MR) is 251 cm³/mol. The van der Waals surface area contributed by atoms with Crippen molar-refractivity contribution in [2.45, 2.75) is 0 Å². The first kappa shape index (κ1) is 35.2. The Labute approximate surface area is 349 Å². The molecule has 1 heterocycles. The van der Waals surface area contributed by atoms with Gasteiger partial charge in [0, 0.05) is 28.0 Å². The lowest BCUT2D eigenvalue weighted by Gasteiger charge is -2.27. The molecule has 0 N–H and O–H groups in total. The fourth-order valence-corrected chi connectivity index (χ4v) is 8.54. The smallest absolute Gasteiger partial charge is 0.227 e. The summed E-state index contributed by atoms with van der Waals surface area (Å²) in [6, 6.07) is 82.1. The number of hydrogen-bond donors (Lipinski definition) is 0. The van der Waals surface area contributed by atoms with Crippen molar-refractivity contribution in [3.05, 3.63) is 231 Å². The van der Waals surface area contributed by atoms with Crippen molar-refractivity contribution in [2.24, 2.45) is 0 Å². The quantitative estimate of drug-likeness (QED) is 0.154. The highest BCUT2D eigenvalue weighted by Crippen LogP contribution is 2.43. The number of rotatable bonds is 8. The summed E-state index contributed by atoms with van der Waals surface area (Å²) in [5.41, 5.74) is 15.1. The number of anilines is 3. The Morgan fingerprint density at radius 2 is 0.867 bits per heavy atom. The Morgan fingerprint density at radius 1 is 0.317 bits per heavy atom. The Morgan fingerprint density at radius 3 is 1.63 bits per heavy atom. The van der Waals surface area contributed by atoms with E-state index in [9.17, 15) is 0 Å². The van der Waals surface area contributed by atoms with Crippen molar-refractivity contribution < 1.29 is 4.42 Å². The summed E-state index contributed by atoms with van der Waals surface area (Å²) >= 11 is 0. The molecule has 0 bridgehead atoms. The van der Waals surface area contributed by atoms with Crippen molar-refractivity contribution in [2.75, 3.05) is 4.90 Å². The van der Waals surface area contributed by atoms with Crippen LogP contribution in [0.2, 0.25) is 0 Å². The summed E-state index contributed by atoms with van der Waals surface area (Å²) in [7, 11) is 0. The van der Waals surface area contributed by atoms with E-state index in [2.05, 4.69) is 199 Å². The Kier molecular flexibility index (Phi) is 8.83. The molecule has 3 heteroatoms. The standard InChI is InChI=1S/C57H38N2O/c1-4-16-40(17-5-1)53-38-49(32-33-52(53)45-29-27-39-15-10-11-20-43(39)35-45)59(47-22-8-3-9-23-47)48-24-14-21-44(36-48)50-25-12-13-26-51(50)46-30-28-41-31-34-55-56(54(41)37-46)60-57(58-55)42-18-6-2-7-19-42/h1-38H. The van der Waals surface area contributed by atoms with Gasteiger partial charge in [-0.2, -0.15) is 0 Å². The van der Waals surface area contributed by atoms with Crippen molar-refractivity contribution in [1.29, 1.82) is 0 Å². The minimum absolute atomic E-state index is 0.628. The summed E-state index contributed by atoms with van der Waals surface area (Å²) in [5.74, 6) is 0.628. The molecule has 11 rings (SSSR count). The van der Waals surface area contributed by atoms with Crippen LogP contribution in [0, 0.1) is 0 Å². The Bertz CT molecular complexity index is 3320. The van der Waals surface area contributed by atoms with Gasteiger partial charge in [0.2, 0.25) is 5.89 Å². The average Bonchev–Trinajstić information content (AvgIpc) is 3.78. The molecule has 0 saturated heterocycles. The lowest BCUT2D eigenvalue weighted by atomic mass is 9.92. The number of fused-ring (bicyclic) bond motifs is 4. The SMILES string of the molecule is c1ccc(-c2nc3ccc4ccc(-c5ccccc5-c5cccc(N(c6ccccc6)c6ccc(-c7ccc8ccccc8c7)c(-c7ccccc7)c6)c5)cc4c3o2)cc1. The first-order valence-electron chi connectivity index (χ1n) is 20.4. The summed E-state index contributed by atoms with van der Waals surface area (Å²) in [6.07, 6.45) is 0. The maximum Gasteiger partial charge on any atom is 0.227 e. The third-order valence-electron chi connectivity index (χ3n) is 11.5. The highest BCUT2D eigenvalue weighted by Gasteiger charge is 2.19. The first-order chi connectivity index (χ1) is 29.7. The Hall–Kier alpha value is -8.01. The zero-order valence-corrected chi connectivity index (χ0v) is 32.7. The van der Waals surface area contributed by atoms with E-state index in [4.69, 9.17) is 9.40 Å². The van der Waals surface area contributed by atoms with Crippen LogP contribution in [0.5, 0.6) is 0 Å². The molecule has 1 aromatic heterocycles. The van der Waals surface area contributed by atoms with Crippen LogP contribution in [0.3, 0.4) is 0 Å². The molecule has 0 amide bonds. The van der Waals surface area contributed by atoms with Crippen LogP contribution in [0.1, 0.15) is 0 Å². The molecule has 11 aromatic rings. The molecular formula is C57H38N2O. The molecule has 0 aliphatic heterocycles. The number of oxazole rings is 1. The molecule has 3 nitrogen and oxygen atoms in total. The fraction of sp³-hybridized carbons (Fsp3) is 0. The lowest BCUT2D eigenvalue weighted by Crippen LogP contribution is -2.10. The van der Waals surface area contributed by atoms with Crippen LogP contribution >= 0.6 is 0 Å². The molecule has 0 aliphatic carbocycles. The van der Waals surface area contributed by atoms with Crippen LogP contribution in [0.15, 0.2) is 235 Å². The summed E-state index contributed by atoms with van der Waals surface area (Å²) in [5, 5.41) is 4.62. The topological polar surface area (TPSA) is 29.3 Å². The van der Waals surface area contributed by atoms with Crippen molar-refractivity contribution in [1.82, 2.24) is 4.98 Å². The summed E-state index contributed by atoms with van der Waals surface area (Å²) < 4.78 is 6.47. The van der Waals surface area contributed by atoms with Gasteiger partial charge < -0.3 is 9.32 Å². The lowest BCUT2D eigenvalue weighted by molar-refractivity contribution is 0.623. The van der Waals surface area contributed by atoms with Crippen LogP contribution in [0.25, 0.3) is 88.6 Å². The largest absolute Gasteiger partial charge is 0.435 e. The summed E-state index contributed by atoms with van der Waals surface area (Å²) in [4.78, 5) is 7.22. The predicted octanol–water partition coefficient (Wildman–Crippen LogP) is 15.9. The number of aromatic nitrogens is 1. The maximum absolute atomic E-state index is 6.47. The van der Waals surface area contributed by atoms with Gasteiger partial charge in [0.25, 0.3) is 0 Å². The average molecular weight is 767 g/mol. The van der Waals surface area contributed by atoms with Gasteiger partial charge in [-0.25, -0.2) is 4.98 Å². The van der Waals surface area contributed by atoms with Gasteiger partial charge in [0.1, 0.15) is 5.52 Å². The van der Waals surface area contributed by atoms with Crippen molar-refractivity contribution >= 4 is 49.7 Å². The van der Waals surface area contributed by atoms with Gasteiger partial charge >= 0.3 is 0 Å². The van der Waals surface area contributed by atoms with E-state index in [1.807, 2.05) is 36.4 Å². The molecule has 0 spiro atoms. The Balaban J connectivity index is 1.03. The van der Waals surface area contributed by atoms with E-state index >= 15 is 0 Å². The van der Waals surface area contributed by atoms with Gasteiger partial charge in [-0.15, -0.1) is 0 Å². The molecule has 0 unspecified atom stereocenters. The highest BCUT2D eigenvalue weighted by molar-refractivity contribution is 6.06. The van der Waals surface area contributed by atoms with E-state index in [-0.39, 0.29) is 0 Å². The number of hydrogen-bond acceptors (Lipinski definition) is 3. The minimum atomic E-state index is 0.628. The first-order valence-corrected chi connectivity index (χ1v) is 20.4. The van der Waals surface area contributed by atoms with Gasteiger partial charge in [-0.3, -0.25) is 0 Å². The number of nitrogens with zero attached hydrogens (tertiary/aromatic N) is 2. The zero-order valence-electron chi connectivity index (χ0n) is 32.7. The zero-order chi connectivity index (χ0) is 39.8. The molecular weight excluding hydrogens is 729 g/mol. The van der Waals surface area contributed by atoms with Gasteiger partial charge in [0.05, 0.1) is 0 Å². The molecule has 0 atom stereocenters. The van der Waals surface area contributed by atoms with Crippen LogP contribution in [-0.4, -0.2) is 4.98 Å². The number of para-hydroxylation sites is 1. The van der Waals surface area contributed by atoms with E-state index in [0.717, 1.165) is 66.8 Å². The molecule has 0 saturated carbocycles. The summed E-state index contributed by atoms with van der Waals surface area (Å²) in [6.45, 7) is 0. The molecule has 10 aromatic carbocycles. The van der Waals surface area contributed by atoms with E-state index in [0.29, 0.717) is 5.89 Å². The second kappa shape index (κ2) is 15.1. The minimum Gasteiger partial charge on any atom is -0.435 e. The van der Waals surface area contributed by atoms with Crippen LogP contribution in [-0.2, 0) is 0 Å². The second-order valence-corrected chi connectivity index (χ2v) is 15.2. The van der Waals surface area contributed by atoms with Crippen LogP contribution in [0.4, 0.5) is 17.1 Å². The van der Waals surface area contributed by atoms with Gasteiger partial charge in [0.15, 0.2) is 5.58 Å². The molecule has 0 radical (unpaired) electrons. The van der Waals surface area contributed by atoms with Gasteiger partial charge in [-0.1, -0.05) is 164 Å². The molecule has 0 fully saturated rings.